The van der Waals surface area contributed by atoms with Gasteiger partial charge in [-0.25, -0.2) is 0 Å². The van der Waals surface area contributed by atoms with Crippen molar-refractivity contribution < 1.29 is 9.68 Å². The molecule has 0 fully saturated rings. The van der Waals surface area contributed by atoms with E-state index in [9.17, 15) is 5.11 Å². The van der Waals surface area contributed by atoms with Crippen molar-refractivity contribution in [3.8, 4) is 5.75 Å². The largest absolute Gasteiger partial charge is 0.508 e. The van der Waals surface area contributed by atoms with Gasteiger partial charge < -0.3 is 5.11 Å². The smallest absolute Gasteiger partial charge is 0.346 e. The van der Waals surface area contributed by atoms with E-state index >= 15 is 0 Å². The first-order valence-corrected chi connectivity index (χ1v) is 9.72. The van der Waals surface area contributed by atoms with Crippen LogP contribution in [0.25, 0.3) is 0 Å². The van der Waals surface area contributed by atoms with Crippen molar-refractivity contribution in [3.63, 3.8) is 0 Å². The van der Waals surface area contributed by atoms with Gasteiger partial charge in [0.1, 0.15) is 11.8 Å². The first-order chi connectivity index (χ1) is 11.8. The van der Waals surface area contributed by atoms with Crippen LogP contribution in [0, 0.1) is 0 Å². The quantitative estimate of drug-likeness (QED) is 0.531. The summed E-state index contributed by atoms with van der Waals surface area (Å²) < 4.78 is 2.49. The van der Waals surface area contributed by atoms with E-state index in [-0.39, 0.29) is 0 Å². The highest BCUT2D eigenvalue weighted by Crippen LogP contribution is 2.32. The van der Waals surface area contributed by atoms with Gasteiger partial charge in [-0.05, 0) is 29.7 Å². The third-order valence-corrected chi connectivity index (χ3v) is 5.30. The zero-order valence-electron chi connectivity index (χ0n) is 15.0. The highest BCUT2D eigenvalue weighted by molar-refractivity contribution is 5.75. The highest BCUT2D eigenvalue weighted by atomic mass is 16.3. The molecular formula is C20H32N3O+. The van der Waals surface area contributed by atoms with E-state index in [1.54, 1.807) is 0 Å². The highest BCUT2D eigenvalue weighted by Gasteiger charge is 2.32. The summed E-state index contributed by atoms with van der Waals surface area (Å²) in [5.74, 6) is 1.60. The molecule has 0 amide bonds. The first-order valence-electron chi connectivity index (χ1n) is 9.72. The van der Waals surface area contributed by atoms with Crippen LogP contribution in [0.15, 0.2) is 18.2 Å². The number of hydrogen-bond donors (Lipinski definition) is 3. The lowest BCUT2D eigenvalue weighted by molar-refractivity contribution is -0.584. The molecule has 0 aromatic heterocycles. The second-order valence-electron chi connectivity index (χ2n) is 7.10. The summed E-state index contributed by atoms with van der Waals surface area (Å²) >= 11 is 0. The molecule has 2 aliphatic rings. The van der Waals surface area contributed by atoms with Gasteiger partial charge in [0, 0.05) is 12.8 Å². The molecule has 0 saturated carbocycles. The molecule has 24 heavy (non-hydrogen) atoms. The fourth-order valence-electron chi connectivity index (χ4n) is 3.98. The van der Waals surface area contributed by atoms with Gasteiger partial charge in [-0.2, -0.15) is 0 Å². The number of fused-ring (bicyclic) bond motifs is 3. The third-order valence-electron chi connectivity index (χ3n) is 5.30. The van der Waals surface area contributed by atoms with Crippen LogP contribution in [0.2, 0.25) is 0 Å². The number of hydrogen-bond acceptors (Lipinski definition) is 3. The third kappa shape index (κ3) is 4.03. The van der Waals surface area contributed by atoms with Crippen molar-refractivity contribution in [3.05, 3.63) is 29.3 Å². The summed E-state index contributed by atoms with van der Waals surface area (Å²) in [5, 5.41) is 16.9. The lowest BCUT2D eigenvalue weighted by atomic mass is 9.91. The van der Waals surface area contributed by atoms with Crippen LogP contribution < -0.4 is 10.6 Å². The molecule has 4 nitrogen and oxygen atoms in total. The molecular weight excluding hydrogens is 298 g/mol. The summed E-state index contributed by atoms with van der Waals surface area (Å²) in [6.45, 7) is 5.36. The zero-order valence-corrected chi connectivity index (χ0v) is 15.0. The SMILES string of the molecule is CCCCCCCCNC1=[N+]2CCc3cc(O)ccc3C2CCN1. The van der Waals surface area contributed by atoms with E-state index < -0.39 is 0 Å². The Labute approximate surface area is 146 Å². The second-order valence-corrected chi connectivity index (χ2v) is 7.10. The van der Waals surface area contributed by atoms with Crippen molar-refractivity contribution in [2.45, 2.75) is 64.3 Å². The monoisotopic (exact) mass is 330 g/mol. The Balaban J connectivity index is 1.57. The minimum absolute atomic E-state index is 0.390. The normalized spacial score (nSPS) is 19.5. The summed E-state index contributed by atoms with van der Waals surface area (Å²) in [6.07, 6.45) is 10.1. The minimum Gasteiger partial charge on any atom is -0.508 e. The number of unbranched alkanes of at least 4 members (excludes halogenated alkanes) is 5. The number of nitrogens with zero attached hydrogens (tertiary/aromatic N) is 1. The van der Waals surface area contributed by atoms with Crippen molar-refractivity contribution in [2.75, 3.05) is 19.6 Å². The van der Waals surface area contributed by atoms with Gasteiger partial charge in [-0.15, -0.1) is 0 Å². The Bertz CT molecular complexity index is 582. The molecule has 132 valence electrons. The van der Waals surface area contributed by atoms with E-state index in [0.717, 1.165) is 32.5 Å². The molecule has 2 heterocycles. The fourth-order valence-corrected chi connectivity index (χ4v) is 3.98. The van der Waals surface area contributed by atoms with Crippen molar-refractivity contribution in [1.82, 2.24) is 10.6 Å². The molecule has 1 unspecified atom stereocenters. The van der Waals surface area contributed by atoms with Crippen LogP contribution >= 0.6 is 0 Å². The maximum absolute atomic E-state index is 9.71. The van der Waals surface area contributed by atoms with Crippen LogP contribution in [0.4, 0.5) is 0 Å². The lowest BCUT2D eigenvalue weighted by Crippen LogP contribution is -2.52. The van der Waals surface area contributed by atoms with E-state index in [1.165, 1.54) is 55.6 Å². The molecule has 4 heteroatoms. The number of aromatic hydroxyl groups is 1. The molecule has 1 aromatic carbocycles. The van der Waals surface area contributed by atoms with Crippen LogP contribution in [0.1, 0.15) is 69.0 Å². The molecule has 0 spiro atoms. The summed E-state index contributed by atoms with van der Waals surface area (Å²) in [6, 6.07) is 6.33. The number of phenols is 1. The maximum Gasteiger partial charge on any atom is 0.346 e. The Morgan fingerprint density at radius 3 is 2.92 bits per heavy atom. The van der Waals surface area contributed by atoms with Crippen LogP contribution in [-0.4, -0.2) is 35.3 Å². The fraction of sp³-hybridized carbons (Fsp3) is 0.650. The Hall–Kier alpha value is -1.71. The average Bonchev–Trinajstić information content (AvgIpc) is 2.60. The molecule has 0 saturated heterocycles. The molecule has 1 aromatic rings. The summed E-state index contributed by atoms with van der Waals surface area (Å²) in [7, 11) is 0. The second kappa shape index (κ2) is 8.41. The number of guanidine groups is 1. The van der Waals surface area contributed by atoms with Crippen LogP contribution in [0.3, 0.4) is 0 Å². The molecule has 0 bridgehead atoms. The average molecular weight is 330 g/mol. The first kappa shape index (κ1) is 17.1. The Morgan fingerprint density at radius 2 is 2.04 bits per heavy atom. The van der Waals surface area contributed by atoms with E-state index in [0.29, 0.717) is 11.8 Å². The van der Waals surface area contributed by atoms with E-state index in [4.69, 9.17) is 0 Å². The molecule has 0 radical (unpaired) electrons. The predicted octanol–water partition coefficient (Wildman–Crippen LogP) is 3.30. The molecule has 2 aliphatic heterocycles. The molecule has 3 N–H and O–H groups in total. The van der Waals surface area contributed by atoms with Crippen LogP contribution in [-0.2, 0) is 6.42 Å². The van der Waals surface area contributed by atoms with Gasteiger partial charge in [0.15, 0.2) is 0 Å². The maximum atomic E-state index is 9.71. The predicted molar refractivity (Wildman–Crippen MR) is 98.7 cm³/mol. The van der Waals surface area contributed by atoms with Gasteiger partial charge >= 0.3 is 5.96 Å². The summed E-state index contributed by atoms with van der Waals surface area (Å²) in [5.41, 5.74) is 2.70. The number of nitrogens with one attached hydrogen (secondary N) is 2. The van der Waals surface area contributed by atoms with Gasteiger partial charge in [0.25, 0.3) is 0 Å². The Morgan fingerprint density at radius 1 is 1.21 bits per heavy atom. The zero-order chi connectivity index (χ0) is 16.8. The van der Waals surface area contributed by atoms with Crippen molar-refractivity contribution >= 4 is 5.96 Å². The van der Waals surface area contributed by atoms with Gasteiger partial charge in [0.05, 0.1) is 19.6 Å². The Kier molecular flexibility index (Phi) is 6.00. The lowest BCUT2D eigenvalue weighted by Gasteiger charge is -2.32. The van der Waals surface area contributed by atoms with Gasteiger partial charge in [-0.3, -0.25) is 15.2 Å². The van der Waals surface area contributed by atoms with Crippen molar-refractivity contribution in [2.24, 2.45) is 0 Å². The van der Waals surface area contributed by atoms with E-state index in [1.807, 2.05) is 12.1 Å². The van der Waals surface area contributed by atoms with Gasteiger partial charge in [-0.1, -0.05) is 45.1 Å². The number of phenolic OH excluding ortho intramolecular Hbond substituents is 1. The van der Waals surface area contributed by atoms with Crippen molar-refractivity contribution in [1.29, 1.82) is 0 Å². The molecule has 0 aliphatic carbocycles. The molecule has 3 rings (SSSR count). The molecule has 1 atom stereocenters. The van der Waals surface area contributed by atoms with Crippen LogP contribution in [0.5, 0.6) is 5.75 Å². The van der Waals surface area contributed by atoms with E-state index in [2.05, 4.69) is 28.2 Å². The number of benzene rings is 1. The van der Waals surface area contributed by atoms with Gasteiger partial charge in [0.2, 0.25) is 0 Å². The standard InChI is InChI=1S/C20H31N3O/c1-2-3-4-5-6-7-12-21-20-22-13-10-19-18-9-8-17(24)15-16(18)11-14-23(19)20/h8-9,15,19H,2-7,10-14H2,1H3,(H2,21,22,24)/p+1. The number of rotatable bonds is 7. The summed E-state index contributed by atoms with van der Waals surface area (Å²) in [4.78, 5) is 0. The topological polar surface area (TPSA) is 47.3 Å². The minimum atomic E-state index is 0.390.